The summed E-state index contributed by atoms with van der Waals surface area (Å²) in [4.78, 5) is 0. The van der Waals surface area contributed by atoms with Gasteiger partial charge in [-0.05, 0) is 30.0 Å². The molecule has 0 radical (unpaired) electrons. The Morgan fingerprint density at radius 1 is 1.35 bits per heavy atom. The van der Waals surface area contributed by atoms with Crippen molar-refractivity contribution in [1.29, 1.82) is 0 Å². The Labute approximate surface area is 102 Å². The van der Waals surface area contributed by atoms with E-state index in [1.807, 2.05) is 16.7 Å². The van der Waals surface area contributed by atoms with Crippen LogP contribution in [-0.4, -0.2) is 20.6 Å². The molecule has 2 rings (SSSR count). The van der Waals surface area contributed by atoms with Crippen LogP contribution in [0.5, 0.6) is 0 Å². The first kappa shape index (κ1) is 12.0. The fourth-order valence-electron chi connectivity index (χ4n) is 1.68. The minimum Gasteiger partial charge on any atom is -0.327 e. The minimum absolute atomic E-state index is 0.0798. The normalized spacial score (nSPS) is 14.2. The lowest BCUT2D eigenvalue weighted by Crippen LogP contribution is -2.37. The van der Waals surface area contributed by atoms with Crippen LogP contribution in [0.4, 0.5) is 0 Å². The largest absolute Gasteiger partial charge is 0.327 e. The van der Waals surface area contributed by atoms with Crippen molar-refractivity contribution >= 4 is 5.65 Å². The molecule has 1 atom stereocenters. The van der Waals surface area contributed by atoms with Crippen molar-refractivity contribution in [2.45, 2.75) is 40.2 Å². The molecule has 4 heteroatoms. The number of pyridine rings is 1. The molecule has 0 bridgehead atoms. The van der Waals surface area contributed by atoms with Crippen molar-refractivity contribution in [3.8, 4) is 0 Å². The van der Waals surface area contributed by atoms with Crippen molar-refractivity contribution < 1.29 is 0 Å². The van der Waals surface area contributed by atoms with Crippen LogP contribution in [0.15, 0.2) is 18.3 Å². The molecule has 17 heavy (non-hydrogen) atoms. The maximum absolute atomic E-state index is 6.18. The topological polar surface area (TPSA) is 56.2 Å². The van der Waals surface area contributed by atoms with Crippen LogP contribution in [0.3, 0.4) is 0 Å². The summed E-state index contributed by atoms with van der Waals surface area (Å²) in [6.45, 7) is 8.48. The van der Waals surface area contributed by atoms with E-state index in [0.717, 1.165) is 17.9 Å². The molecule has 2 N–H and O–H groups in total. The highest BCUT2D eigenvalue weighted by Crippen LogP contribution is 2.20. The molecule has 0 saturated heterocycles. The van der Waals surface area contributed by atoms with E-state index in [9.17, 15) is 0 Å². The summed E-state index contributed by atoms with van der Waals surface area (Å²) in [5, 5.41) is 8.39. The molecule has 0 fully saturated rings. The second-order valence-electron chi connectivity index (χ2n) is 5.73. The van der Waals surface area contributed by atoms with E-state index in [1.54, 1.807) is 0 Å². The second kappa shape index (κ2) is 4.11. The number of aromatic nitrogens is 3. The lowest BCUT2D eigenvalue weighted by molar-refractivity contribution is 0.314. The van der Waals surface area contributed by atoms with Crippen LogP contribution in [-0.2, 0) is 6.42 Å². The first-order valence-electron chi connectivity index (χ1n) is 5.94. The van der Waals surface area contributed by atoms with Crippen molar-refractivity contribution in [2.75, 3.05) is 0 Å². The second-order valence-corrected chi connectivity index (χ2v) is 5.73. The van der Waals surface area contributed by atoms with Gasteiger partial charge in [-0.1, -0.05) is 20.8 Å². The molecule has 92 valence electrons. The van der Waals surface area contributed by atoms with Gasteiger partial charge in [0.05, 0.1) is 0 Å². The monoisotopic (exact) mass is 232 g/mol. The molecule has 2 aromatic heterocycles. The first-order valence-corrected chi connectivity index (χ1v) is 5.94. The van der Waals surface area contributed by atoms with Gasteiger partial charge < -0.3 is 5.73 Å². The maximum atomic E-state index is 6.18. The summed E-state index contributed by atoms with van der Waals surface area (Å²) in [6, 6.07) is 4.16. The van der Waals surface area contributed by atoms with E-state index in [1.165, 1.54) is 5.56 Å². The van der Waals surface area contributed by atoms with Gasteiger partial charge in [-0.25, -0.2) is 0 Å². The van der Waals surface area contributed by atoms with Gasteiger partial charge in [0.15, 0.2) is 5.65 Å². The predicted molar refractivity (Wildman–Crippen MR) is 68.9 cm³/mol. The first-order chi connectivity index (χ1) is 7.88. The van der Waals surface area contributed by atoms with Gasteiger partial charge in [-0.3, -0.25) is 4.40 Å². The van der Waals surface area contributed by atoms with Crippen LogP contribution in [0, 0.1) is 12.3 Å². The summed E-state index contributed by atoms with van der Waals surface area (Å²) < 4.78 is 2.01. The highest BCUT2D eigenvalue weighted by Gasteiger charge is 2.22. The van der Waals surface area contributed by atoms with Gasteiger partial charge in [-0.15, -0.1) is 10.2 Å². The molecule has 4 nitrogen and oxygen atoms in total. The Hall–Kier alpha value is -1.42. The number of nitrogens with two attached hydrogens (primary N) is 1. The van der Waals surface area contributed by atoms with Crippen molar-refractivity contribution in [2.24, 2.45) is 11.1 Å². The Kier molecular flexibility index (Phi) is 2.91. The Balaban J connectivity index is 2.31. The average Bonchev–Trinajstić information content (AvgIpc) is 2.59. The van der Waals surface area contributed by atoms with Gasteiger partial charge in [0, 0.05) is 18.7 Å². The van der Waals surface area contributed by atoms with Crippen molar-refractivity contribution in [3.05, 3.63) is 29.7 Å². The van der Waals surface area contributed by atoms with E-state index in [0.29, 0.717) is 0 Å². The molecule has 0 amide bonds. The molecule has 2 heterocycles. The molecular weight excluding hydrogens is 212 g/mol. The summed E-state index contributed by atoms with van der Waals surface area (Å²) in [7, 11) is 0. The quantitative estimate of drug-likeness (QED) is 0.861. The van der Waals surface area contributed by atoms with Gasteiger partial charge >= 0.3 is 0 Å². The lowest BCUT2D eigenvalue weighted by atomic mass is 9.85. The molecular formula is C13H20N4. The van der Waals surface area contributed by atoms with Gasteiger partial charge in [-0.2, -0.15) is 0 Å². The van der Waals surface area contributed by atoms with E-state index >= 15 is 0 Å². The summed E-state index contributed by atoms with van der Waals surface area (Å²) in [5.41, 5.74) is 8.34. The smallest absolute Gasteiger partial charge is 0.161 e. The zero-order valence-electron chi connectivity index (χ0n) is 10.9. The van der Waals surface area contributed by atoms with E-state index in [-0.39, 0.29) is 11.5 Å². The molecule has 0 spiro atoms. The number of hydrogen-bond donors (Lipinski definition) is 1. The van der Waals surface area contributed by atoms with Crippen LogP contribution in [0.1, 0.15) is 32.2 Å². The van der Waals surface area contributed by atoms with E-state index in [4.69, 9.17) is 5.73 Å². The molecule has 0 aromatic carbocycles. The van der Waals surface area contributed by atoms with Gasteiger partial charge in [0.25, 0.3) is 0 Å². The Morgan fingerprint density at radius 2 is 2.06 bits per heavy atom. The predicted octanol–water partition coefficient (Wildman–Crippen LogP) is 1.95. The maximum Gasteiger partial charge on any atom is 0.161 e. The fourth-order valence-corrected chi connectivity index (χ4v) is 1.68. The number of aryl methyl sites for hydroxylation is 1. The van der Waals surface area contributed by atoms with Gasteiger partial charge in [0.2, 0.25) is 0 Å². The van der Waals surface area contributed by atoms with E-state index in [2.05, 4.69) is 44.0 Å². The third-order valence-electron chi connectivity index (χ3n) is 3.15. The molecule has 1 unspecified atom stereocenters. The lowest BCUT2D eigenvalue weighted by Gasteiger charge is -2.26. The van der Waals surface area contributed by atoms with Crippen LogP contribution in [0.2, 0.25) is 0 Å². The van der Waals surface area contributed by atoms with E-state index < -0.39 is 0 Å². The van der Waals surface area contributed by atoms with Crippen molar-refractivity contribution in [3.63, 3.8) is 0 Å². The Bertz CT molecular complexity index is 522. The standard InChI is InChI=1S/C13H20N4/c1-9-5-6-17-11(7-9)15-16-12(17)8-10(14)13(2,3)4/h5-7,10H,8,14H2,1-4H3. The van der Waals surface area contributed by atoms with Gasteiger partial charge in [0.1, 0.15) is 5.82 Å². The molecule has 0 aliphatic rings. The third kappa shape index (κ3) is 2.47. The SMILES string of the molecule is Cc1ccn2c(CC(N)C(C)(C)C)nnc2c1. The zero-order chi connectivity index (χ0) is 12.6. The summed E-state index contributed by atoms with van der Waals surface area (Å²) >= 11 is 0. The van der Waals surface area contributed by atoms with Crippen LogP contribution in [0.25, 0.3) is 5.65 Å². The average molecular weight is 232 g/mol. The highest BCUT2D eigenvalue weighted by atomic mass is 15.2. The number of fused-ring (bicyclic) bond motifs is 1. The fraction of sp³-hybridized carbons (Fsp3) is 0.538. The number of rotatable bonds is 2. The summed E-state index contributed by atoms with van der Waals surface area (Å²) in [5.74, 6) is 0.933. The molecule has 0 aliphatic carbocycles. The number of nitrogens with zero attached hydrogens (tertiary/aromatic N) is 3. The third-order valence-corrected chi connectivity index (χ3v) is 3.15. The van der Waals surface area contributed by atoms with Crippen molar-refractivity contribution in [1.82, 2.24) is 14.6 Å². The summed E-state index contributed by atoms with van der Waals surface area (Å²) in [6.07, 6.45) is 2.75. The Morgan fingerprint density at radius 3 is 2.71 bits per heavy atom. The van der Waals surface area contributed by atoms with Crippen LogP contribution < -0.4 is 5.73 Å². The molecule has 0 saturated carbocycles. The molecule has 0 aliphatic heterocycles. The number of hydrogen-bond acceptors (Lipinski definition) is 3. The van der Waals surface area contributed by atoms with Crippen LogP contribution >= 0.6 is 0 Å². The zero-order valence-corrected chi connectivity index (χ0v) is 10.9. The minimum atomic E-state index is 0.0798. The highest BCUT2D eigenvalue weighted by molar-refractivity contribution is 5.40. The molecule has 2 aromatic rings.